The number of hydrogen-bond donors (Lipinski definition) is 1. The molecule has 0 bridgehead atoms. The predicted molar refractivity (Wildman–Crippen MR) is 59.5 cm³/mol. The van der Waals surface area contributed by atoms with Crippen LogP contribution < -0.4 is 5.32 Å². The molecule has 2 aliphatic heterocycles. The Balaban J connectivity index is 1.73. The van der Waals surface area contributed by atoms with Crippen molar-refractivity contribution < 1.29 is 9.21 Å². The van der Waals surface area contributed by atoms with E-state index in [4.69, 9.17) is 16.0 Å². The minimum Gasteiger partial charge on any atom is -0.440 e. The third-order valence-electron chi connectivity index (χ3n) is 3.46. The van der Waals surface area contributed by atoms with Gasteiger partial charge in [0.1, 0.15) is 0 Å². The Hall–Kier alpha value is -1.00. The number of fused-ring (bicyclic) bond motifs is 1. The predicted octanol–water partition coefficient (Wildman–Crippen LogP) is 1.22. The van der Waals surface area contributed by atoms with Gasteiger partial charge in [-0.05, 0) is 35.6 Å². The fourth-order valence-electron chi connectivity index (χ4n) is 2.61. The summed E-state index contributed by atoms with van der Waals surface area (Å²) in [5, 5.41) is 3.61. The highest BCUT2D eigenvalue weighted by Crippen LogP contribution is 2.28. The van der Waals surface area contributed by atoms with E-state index in [1.807, 2.05) is 4.90 Å². The van der Waals surface area contributed by atoms with Crippen molar-refractivity contribution >= 4 is 17.5 Å². The average Bonchev–Trinajstić information content (AvgIpc) is 2.89. The third-order valence-corrected chi connectivity index (χ3v) is 3.66. The van der Waals surface area contributed by atoms with Crippen LogP contribution in [-0.4, -0.2) is 37.0 Å². The number of carbonyl (C=O) groups is 1. The summed E-state index contributed by atoms with van der Waals surface area (Å²) < 4.78 is 5.14. The first-order valence-corrected chi connectivity index (χ1v) is 5.87. The van der Waals surface area contributed by atoms with E-state index < -0.39 is 0 Å². The Kier molecular flexibility index (Phi) is 2.41. The topological polar surface area (TPSA) is 45.5 Å². The van der Waals surface area contributed by atoms with Gasteiger partial charge in [-0.1, -0.05) is 0 Å². The number of hydrogen-bond acceptors (Lipinski definition) is 3. The molecule has 2 saturated heterocycles. The molecule has 0 aromatic carbocycles. The quantitative estimate of drug-likeness (QED) is 0.803. The van der Waals surface area contributed by atoms with Crippen molar-refractivity contribution in [1.29, 1.82) is 0 Å². The van der Waals surface area contributed by atoms with E-state index in [0.29, 0.717) is 17.6 Å². The Morgan fingerprint density at radius 3 is 2.62 bits per heavy atom. The minimum absolute atomic E-state index is 0.0405. The lowest BCUT2D eigenvalue weighted by atomic mass is 10.0. The van der Waals surface area contributed by atoms with Gasteiger partial charge >= 0.3 is 0 Å². The van der Waals surface area contributed by atoms with E-state index in [0.717, 1.165) is 26.2 Å². The van der Waals surface area contributed by atoms with Crippen molar-refractivity contribution in [2.45, 2.75) is 0 Å². The van der Waals surface area contributed by atoms with Gasteiger partial charge in [-0.15, -0.1) is 0 Å². The summed E-state index contributed by atoms with van der Waals surface area (Å²) in [6.07, 6.45) is 0. The van der Waals surface area contributed by atoms with Crippen LogP contribution in [0.25, 0.3) is 0 Å². The zero-order valence-corrected chi connectivity index (χ0v) is 9.54. The lowest BCUT2D eigenvalue weighted by Gasteiger charge is -2.15. The molecule has 0 radical (unpaired) electrons. The van der Waals surface area contributed by atoms with Crippen LogP contribution in [-0.2, 0) is 0 Å². The van der Waals surface area contributed by atoms with Crippen LogP contribution in [0.4, 0.5) is 0 Å². The van der Waals surface area contributed by atoms with Gasteiger partial charge in [0, 0.05) is 26.2 Å². The fraction of sp³-hybridized carbons (Fsp3) is 0.545. The standard InChI is InChI=1S/C11H13ClN2O2/c12-10-2-1-9(16-10)11(15)14-5-7-3-13-4-8(7)6-14/h1-2,7-8,13H,3-6H2/t7-,8-/m1/s1. The van der Waals surface area contributed by atoms with Crippen LogP contribution >= 0.6 is 11.6 Å². The third kappa shape index (κ3) is 1.62. The van der Waals surface area contributed by atoms with Crippen LogP contribution in [0.2, 0.25) is 5.22 Å². The van der Waals surface area contributed by atoms with Crippen molar-refractivity contribution in [2.75, 3.05) is 26.2 Å². The number of rotatable bonds is 1. The van der Waals surface area contributed by atoms with E-state index in [2.05, 4.69) is 5.32 Å². The molecule has 0 spiro atoms. The van der Waals surface area contributed by atoms with Gasteiger partial charge in [0.25, 0.3) is 5.91 Å². The summed E-state index contributed by atoms with van der Waals surface area (Å²) in [6, 6.07) is 3.24. The highest BCUT2D eigenvalue weighted by Gasteiger charge is 2.38. The second-order valence-corrected chi connectivity index (χ2v) is 4.86. The van der Waals surface area contributed by atoms with Crippen LogP contribution in [0.5, 0.6) is 0 Å². The van der Waals surface area contributed by atoms with E-state index in [1.165, 1.54) is 0 Å². The molecule has 1 amide bonds. The number of nitrogens with zero attached hydrogens (tertiary/aromatic N) is 1. The van der Waals surface area contributed by atoms with E-state index >= 15 is 0 Å². The lowest BCUT2D eigenvalue weighted by Crippen LogP contribution is -2.31. The molecule has 4 nitrogen and oxygen atoms in total. The largest absolute Gasteiger partial charge is 0.440 e. The zero-order chi connectivity index (χ0) is 11.1. The highest BCUT2D eigenvalue weighted by atomic mass is 35.5. The van der Waals surface area contributed by atoms with Gasteiger partial charge < -0.3 is 14.6 Å². The molecule has 5 heteroatoms. The Morgan fingerprint density at radius 2 is 2.06 bits per heavy atom. The summed E-state index contributed by atoms with van der Waals surface area (Å²) in [5.74, 6) is 1.52. The second-order valence-electron chi connectivity index (χ2n) is 4.49. The van der Waals surface area contributed by atoms with Gasteiger partial charge in [-0.2, -0.15) is 0 Å². The van der Waals surface area contributed by atoms with Crippen molar-refractivity contribution in [3.8, 4) is 0 Å². The van der Waals surface area contributed by atoms with Gasteiger partial charge in [0.2, 0.25) is 0 Å². The monoisotopic (exact) mass is 240 g/mol. The summed E-state index contributed by atoms with van der Waals surface area (Å²) >= 11 is 5.66. The molecule has 2 fully saturated rings. The summed E-state index contributed by atoms with van der Waals surface area (Å²) in [6.45, 7) is 3.70. The lowest BCUT2D eigenvalue weighted by molar-refractivity contribution is 0.0750. The van der Waals surface area contributed by atoms with Crippen molar-refractivity contribution in [1.82, 2.24) is 10.2 Å². The smallest absolute Gasteiger partial charge is 0.289 e. The first-order chi connectivity index (χ1) is 7.74. The Morgan fingerprint density at radius 1 is 1.38 bits per heavy atom. The molecule has 0 saturated carbocycles. The number of amides is 1. The molecule has 0 aliphatic carbocycles. The first-order valence-electron chi connectivity index (χ1n) is 5.49. The molecule has 16 heavy (non-hydrogen) atoms. The molecular formula is C11H13ClN2O2. The molecule has 86 valence electrons. The molecule has 1 N–H and O–H groups in total. The van der Waals surface area contributed by atoms with Crippen LogP contribution in [0.1, 0.15) is 10.6 Å². The maximum Gasteiger partial charge on any atom is 0.289 e. The number of halogens is 1. The molecule has 2 aliphatic rings. The molecule has 3 rings (SSSR count). The maximum atomic E-state index is 12.0. The Bertz CT molecular complexity index is 406. The summed E-state index contributed by atoms with van der Waals surface area (Å²) in [7, 11) is 0. The van der Waals surface area contributed by atoms with Gasteiger partial charge in [-0.3, -0.25) is 4.79 Å². The molecule has 0 unspecified atom stereocenters. The van der Waals surface area contributed by atoms with Gasteiger partial charge in [0.05, 0.1) is 0 Å². The highest BCUT2D eigenvalue weighted by molar-refractivity contribution is 6.29. The van der Waals surface area contributed by atoms with Gasteiger partial charge in [0.15, 0.2) is 11.0 Å². The second kappa shape index (κ2) is 3.79. The number of nitrogens with one attached hydrogen (secondary N) is 1. The van der Waals surface area contributed by atoms with Crippen LogP contribution in [0.15, 0.2) is 16.5 Å². The van der Waals surface area contributed by atoms with E-state index in [-0.39, 0.29) is 11.1 Å². The van der Waals surface area contributed by atoms with Crippen LogP contribution in [0.3, 0.4) is 0 Å². The maximum absolute atomic E-state index is 12.0. The number of carbonyl (C=O) groups excluding carboxylic acids is 1. The van der Waals surface area contributed by atoms with Crippen molar-refractivity contribution in [3.63, 3.8) is 0 Å². The Labute approximate surface area is 98.5 Å². The van der Waals surface area contributed by atoms with Gasteiger partial charge in [-0.25, -0.2) is 0 Å². The molecular weight excluding hydrogens is 228 g/mol. The van der Waals surface area contributed by atoms with E-state index in [9.17, 15) is 4.79 Å². The molecule has 2 atom stereocenters. The summed E-state index contributed by atoms with van der Waals surface area (Å²) in [5.41, 5.74) is 0. The van der Waals surface area contributed by atoms with E-state index in [1.54, 1.807) is 12.1 Å². The average molecular weight is 241 g/mol. The number of furan rings is 1. The number of likely N-dealkylation sites (tertiary alicyclic amines) is 1. The van der Waals surface area contributed by atoms with Crippen molar-refractivity contribution in [2.24, 2.45) is 11.8 Å². The minimum atomic E-state index is -0.0405. The van der Waals surface area contributed by atoms with Crippen molar-refractivity contribution in [3.05, 3.63) is 23.1 Å². The normalized spacial score (nSPS) is 28.4. The van der Waals surface area contributed by atoms with Crippen LogP contribution in [0, 0.1) is 11.8 Å². The zero-order valence-electron chi connectivity index (χ0n) is 8.78. The SMILES string of the molecule is O=C(c1ccc(Cl)o1)N1C[C@H]2CNC[C@@H]2C1. The fourth-order valence-corrected chi connectivity index (χ4v) is 2.75. The first kappa shape index (κ1) is 10.2. The molecule has 3 heterocycles. The summed E-state index contributed by atoms with van der Waals surface area (Å²) in [4.78, 5) is 13.9. The molecule has 1 aromatic rings. The molecule has 1 aromatic heterocycles.